The number of aliphatic hydroxyl groups is 1. The highest BCUT2D eigenvalue weighted by molar-refractivity contribution is 6.04. The monoisotopic (exact) mass is 398 g/mol. The number of carboxylic acid groups (broad SMARTS) is 1. The predicted molar refractivity (Wildman–Crippen MR) is 88.1 cm³/mol. The van der Waals surface area contributed by atoms with E-state index in [2.05, 4.69) is 0 Å². The van der Waals surface area contributed by atoms with Crippen molar-refractivity contribution in [1.82, 2.24) is 4.90 Å². The van der Waals surface area contributed by atoms with Gasteiger partial charge in [0.25, 0.3) is 5.91 Å². The molecule has 0 saturated carbocycles. The zero-order valence-electron chi connectivity index (χ0n) is 15.6. The molecule has 11 heteroatoms. The average Bonchev–Trinajstić information content (AvgIpc) is 2.88. The van der Waals surface area contributed by atoms with Gasteiger partial charge in [-0.25, -0.2) is 4.79 Å². The third-order valence-electron chi connectivity index (χ3n) is 3.86. The standard InChI is InChI=1S/C14H24N2O4.C2HF3O2/c1-7(2)12-10(20-5)6-11(17)16(12)14(19)8(3)13(18)9(4)15;3-2(4,5)1(6)7/h6-9,12-13,18H,15H2,1-5H3;(H,6,7)/t8-,9+,12+,13+;/m1./s1. The van der Waals surface area contributed by atoms with Gasteiger partial charge in [-0.3, -0.25) is 14.5 Å². The van der Waals surface area contributed by atoms with Gasteiger partial charge in [0.15, 0.2) is 0 Å². The molecular weight excluding hydrogens is 373 g/mol. The van der Waals surface area contributed by atoms with Crippen LogP contribution in [0.15, 0.2) is 11.8 Å². The van der Waals surface area contributed by atoms with E-state index in [4.69, 9.17) is 20.4 Å². The van der Waals surface area contributed by atoms with Gasteiger partial charge in [0.2, 0.25) is 5.91 Å². The van der Waals surface area contributed by atoms with Crippen LogP contribution >= 0.6 is 0 Å². The zero-order chi connectivity index (χ0) is 21.7. The van der Waals surface area contributed by atoms with E-state index in [0.29, 0.717) is 5.76 Å². The van der Waals surface area contributed by atoms with Crippen molar-refractivity contribution >= 4 is 17.8 Å². The van der Waals surface area contributed by atoms with E-state index in [1.54, 1.807) is 13.8 Å². The van der Waals surface area contributed by atoms with E-state index in [9.17, 15) is 27.9 Å². The molecule has 156 valence electrons. The molecule has 1 rings (SSSR count). The number of amides is 2. The maximum absolute atomic E-state index is 12.5. The number of nitrogens with two attached hydrogens (primary N) is 1. The van der Waals surface area contributed by atoms with Crippen LogP contribution in [0.1, 0.15) is 27.7 Å². The maximum atomic E-state index is 12.5. The lowest BCUT2D eigenvalue weighted by Gasteiger charge is -2.31. The SMILES string of the molecule is COC1=CC(=O)N(C(=O)[C@H](C)[C@H](O)[C@H](C)N)[C@H]1C(C)C.O=C(O)C(F)(F)F. The Balaban J connectivity index is 0.000000821. The Labute approximate surface area is 154 Å². The molecule has 0 aromatic heterocycles. The third-order valence-corrected chi connectivity index (χ3v) is 3.86. The fraction of sp³-hybridized carbons (Fsp3) is 0.688. The lowest BCUT2D eigenvalue weighted by atomic mass is 9.95. The summed E-state index contributed by atoms with van der Waals surface area (Å²) in [6.07, 6.45) is -4.75. The lowest BCUT2D eigenvalue weighted by Crippen LogP contribution is -2.50. The Morgan fingerprint density at radius 2 is 1.70 bits per heavy atom. The van der Waals surface area contributed by atoms with Crippen LogP contribution in [0, 0.1) is 11.8 Å². The molecule has 0 unspecified atom stereocenters. The Morgan fingerprint density at radius 3 is 2.00 bits per heavy atom. The van der Waals surface area contributed by atoms with E-state index in [0.717, 1.165) is 0 Å². The van der Waals surface area contributed by atoms with E-state index in [1.807, 2.05) is 13.8 Å². The normalized spacial score (nSPS) is 20.4. The van der Waals surface area contributed by atoms with Gasteiger partial charge in [0, 0.05) is 12.1 Å². The van der Waals surface area contributed by atoms with Crippen LogP contribution in [-0.2, 0) is 19.1 Å². The fourth-order valence-electron chi connectivity index (χ4n) is 2.41. The summed E-state index contributed by atoms with van der Waals surface area (Å²) >= 11 is 0. The van der Waals surface area contributed by atoms with Crippen LogP contribution in [-0.4, -0.2) is 64.4 Å². The van der Waals surface area contributed by atoms with E-state index in [1.165, 1.54) is 18.1 Å². The van der Waals surface area contributed by atoms with Gasteiger partial charge in [-0.2, -0.15) is 13.2 Å². The average molecular weight is 398 g/mol. The summed E-state index contributed by atoms with van der Waals surface area (Å²) in [6.45, 7) is 7.01. The minimum atomic E-state index is -5.08. The van der Waals surface area contributed by atoms with Gasteiger partial charge >= 0.3 is 12.1 Å². The smallest absolute Gasteiger partial charge is 0.490 e. The lowest BCUT2D eigenvalue weighted by molar-refractivity contribution is -0.192. The first-order valence-corrected chi connectivity index (χ1v) is 8.03. The molecule has 2 amide bonds. The molecule has 0 aromatic rings. The second-order valence-corrected chi connectivity index (χ2v) is 6.43. The minimum absolute atomic E-state index is 0.0243. The van der Waals surface area contributed by atoms with Gasteiger partial charge in [-0.05, 0) is 12.8 Å². The summed E-state index contributed by atoms with van der Waals surface area (Å²) in [5.41, 5.74) is 5.61. The number of aliphatic hydroxyl groups excluding tert-OH is 1. The molecule has 0 aliphatic carbocycles. The van der Waals surface area contributed by atoms with Crippen molar-refractivity contribution in [2.24, 2.45) is 17.6 Å². The van der Waals surface area contributed by atoms with E-state index >= 15 is 0 Å². The Hall–Kier alpha value is -2.14. The molecule has 4 N–H and O–H groups in total. The number of alkyl halides is 3. The summed E-state index contributed by atoms with van der Waals surface area (Å²) in [5.74, 6) is -3.84. The molecule has 0 fully saturated rings. The number of nitrogens with zero attached hydrogens (tertiary/aromatic N) is 1. The number of carbonyl (C=O) groups is 3. The fourth-order valence-corrected chi connectivity index (χ4v) is 2.41. The number of ether oxygens (including phenoxy) is 1. The molecule has 0 saturated heterocycles. The molecule has 4 atom stereocenters. The predicted octanol–water partition coefficient (Wildman–Crippen LogP) is 0.888. The number of hydrogen-bond donors (Lipinski definition) is 3. The van der Waals surface area contributed by atoms with Crippen molar-refractivity contribution in [3.8, 4) is 0 Å². The van der Waals surface area contributed by atoms with Gasteiger partial charge in [0.05, 0.1) is 25.2 Å². The highest BCUT2D eigenvalue weighted by atomic mass is 19.4. The molecule has 27 heavy (non-hydrogen) atoms. The van der Waals surface area contributed by atoms with Gasteiger partial charge in [-0.15, -0.1) is 0 Å². The number of aliphatic carboxylic acids is 1. The number of methoxy groups -OCH3 is 1. The molecule has 1 aliphatic rings. The molecule has 0 radical (unpaired) electrons. The highest BCUT2D eigenvalue weighted by Gasteiger charge is 2.43. The summed E-state index contributed by atoms with van der Waals surface area (Å²) in [6, 6.07) is -0.971. The molecular formula is C16H25F3N2O6. The number of imide groups is 1. The first kappa shape index (κ1) is 24.9. The maximum Gasteiger partial charge on any atom is 0.490 e. The molecule has 0 bridgehead atoms. The topological polar surface area (TPSA) is 130 Å². The van der Waals surface area contributed by atoms with Crippen LogP contribution in [0.3, 0.4) is 0 Å². The summed E-state index contributed by atoms with van der Waals surface area (Å²) in [4.78, 5) is 34.6. The van der Waals surface area contributed by atoms with Gasteiger partial charge in [-0.1, -0.05) is 20.8 Å². The van der Waals surface area contributed by atoms with Gasteiger partial charge < -0.3 is 20.7 Å². The van der Waals surface area contributed by atoms with Gasteiger partial charge in [0.1, 0.15) is 5.76 Å². The first-order valence-electron chi connectivity index (χ1n) is 8.03. The number of carboxylic acids is 1. The zero-order valence-corrected chi connectivity index (χ0v) is 15.6. The van der Waals surface area contributed by atoms with Crippen molar-refractivity contribution in [2.45, 2.75) is 52.1 Å². The molecule has 1 heterocycles. The van der Waals surface area contributed by atoms with Crippen molar-refractivity contribution < 1.29 is 42.5 Å². The van der Waals surface area contributed by atoms with Crippen LogP contribution in [0.4, 0.5) is 13.2 Å². The summed E-state index contributed by atoms with van der Waals surface area (Å²) < 4.78 is 36.9. The molecule has 0 spiro atoms. The minimum Gasteiger partial charge on any atom is -0.499 e. The largest absolute Gasteiger partial charge is 0.499 e. The number of carbonyl (C=O) groups excluding carboxylic acids is 2. The highest BCUT2D eigenvalue weighted by Crippen LogP contribution is 2.28. The summed E-state index contributed by atoms with van der Waals surface area (Å²) in [7, 11) is 1.47. The Morgan fingerprint density at radius 1 is 1.26 bits per heavy atom. The van der Waals surface area contributed by atoms with Crippen molar-refractivity contribution in [2.75, 3.05) is 7.11 Å². The van der Waals surface area contributed by atoms with Crippen LogP contribution in [0.2, 0.25) is 0 Å². The number of hydrogen-bond acceptors (Lipinski definition) is 6. The third kappa shape index (κ3) is 6.51. The van der Waals surface area contributed by atoms with Crippen molar-refractivity contribution in [3.05, 3.63) is 11.8 Å². The van der Waals surface area contributed by atoms with E-state index < -0.39 is 48.1 Å². The summed E-state index contributed by atoms with van der Waals surface area (Å²) in [5, 5.41) is 17.1. The number of halogens is 3. The van der Waals surface area contributed by atoms with Crippen molar-refractivity contribution in [1.29, 1.82) is 0 Å². The Bertz CT molecular complexity index is 589. The quantitative estimate of drug-likeness (QED) is 0.627. The van der Waals surface area contributed by atoms with Crippen LogP contribution < -0.4 is 5.73 Å². The second-order valence-electron chi connectivity index (χ2n) is 6.43. The number of rotatable bonds is 5. The Kier molecular flexibility index (Phi) is 8.93. The van der Waals surface area contributed by atoms with Crippen LogP contribution in [0.25, 0.3) is 0 Å². The van der Waals surface area contributed by atoms with Crippen LogP contribution in [0.5, 0.6) is 0 Å². The van der Waals surface area contributed by atoms with Crippen molar-refractivity contribution in [3.63, 3.8) is 0 Å². The molecule has 0 aromatic carbocycles. The first-order chi connectivity index (χ1) is 12.2. The molecule has 8 nitrogen and oxygen atoms in total. The molecule has 1 aliphatic heterocycles. The second kappa shape index (κ2) is 9.70. The van der Waals surface area contributed by atoms with E-state index in [-0.39, 0.29) is 5.92 Å².